The minimum Gasteiger partial charge on any atom is -0.484 e. The van der Waals surface area contributed by atoms with Crippen molar-refractivity contribution in [2.24, 2.45) is 4.99 Å². The number of methoxy groups -OCH3 is 1. The molecule has 1 aromatic heterocycles. The highest BCUT2D eigenvalue weighted by Gasteiger charge is 2.20. The molecule has 0 amide bonds. The first-order valence-electron chi connectivity index (χ1n) is 6.12. The lowest BCUT2D eigenvalue weighted by atomic mass is 10.1. The Bertz CT molecular complexity index is 435. The van der Waals surface area contributed by atoms with E-state index >= 15 is 0 Å². The molecular weight excluding hydrogens is 296 g/mol. The molecule has 1 aromatic rings. The maximum atomic E-state index is 5.05. The molecule has 100 valence electrons. The minimum atomic E-state index is 0.476. The maximum Gasteiger partial charge on any atom is 0.191 e. The fraction of sp³-hybridized carbons (Fsp3) is 0.667. The van der Waals surface area contributed by atoms with Gasteiger partial charge in [-0.1, -0.05) is 0 Å². The van der Waals surface area contributed by atoms with Crippen molar-refractivity contribution in [1.82, 2.24) is 14.7 Å². The Kier molecular flexibility index (Phi) is 4.40. The van der Waals surface area contributed by atoms with Crippen LogP contribution in [0.1, 0.15) is 25.8 Å². The summed E-state index contributed by atoms with van der Waals surface area (Å²) in [7, 11) is 3.77. The van der Waals surface area contributed by atoms with E-state index in [1.165, 1.54) is 0 Å². The second-order valence-corrected chi connectivity index (χ2v) is 5.50. The van der Waals surface area contributed by atoms with Gasteiger partial charge in [-0.3, -0.25) is 4.68 Å². The summed E-state index contributed by atoms with van der Waals surface area (Å²) in [6.07, 6.45) is 4.28. The first-order valence-corrected chi connectivity index (χ1v) is 6.92. The quantitative estimate of drug-likeness (QED) is 0.622. The normalized spacial score (nSPS) is 19.2. The topological polar surface area (TPSA) is 42.7 Å². The smallest absolute Gasteiger partial charge is 0.191 e. The summed E-state index contributed by atoms with van der Waals surface area (Å²) in [6, 6.07) is 0.476. The lowest BCUT2D eigenvalue weighted by molar-refractivity contribution is 0.212. The van der Waals surface area contributed by atoms with Crippen LogP contribution in [0.15, 0.2) is 15.7 Å². The Balaban J connectivity index is 2.13. The zero-order valence-electron chi connectivity index (χ0n) is 11.1. The van der Waals surface area contributed by atoms with Gasteiger partial charge in [-0.15, -0.1) is 0 Å². The number of likely N-dealkylation sites (tertiary alicyclic amines) is 1. The van der Waals surface area contributed by atoms with Gasteiger partial charge in [0.15, 0.2) is 11.7 Å². The van der Waals surface area contributed by atoms with Gasteiger partial charge in [0.1, 0.15) is 0 Å². The molecule has 0 bridgehead atoms. The van der Waals surface area contributed by atoms with Gasteiger partial charge in [-0.25, -0.2) is 0 Å². The molecule has 2 rings (SSSR count). The van der Waals surface area contributed by atoms with Crippen molar-refractivity contribution in [2.75, 3.05) is 27.2 Å². The predicted octanol–water partition coefficient (Wildman–Crippen LogP) is 2.61. The molecule has 1 aliphatic heterocycles. The molecule has 6 heteroatoms. The Morgan fingerprint density at radius 3 is 2.78 bits per heavy atom. The molecule has 1 fully saturated rings. The minimum absolute atomic E-state index is 0.476. The van der Waals surface area contributed by atoms with Crippen LogP contribution < -0.4 is 0 Å². The maximum absolute atomic E-state index is 5.05. The lowest BCUT2D eigenvalue weighted by Crippen LogP contribution is -2.31. The van der Waals surface area contributed by atoms with E-state index in [9.17, 15) is 0 Å². The first-order chi connectivity index (χ1) is 8.60. The highest BCUT2D eigenvalue weighted by atomic mass is 79.9. The second-order valence-electron chi connectivity index (χ2n) is 4.65. The SMILES string of the molecule is COC(C)=Nc1nn(C2CCN(C)CC2)cc1Br. The van der Waals surface area contributed by atoms with Crippen LogP contribution in [0.2, 0.25) is 0 Å². The summed E-state index contributed by atoms with van der Waals surface area (Å²) in [4.78, 5) is 6.66. The van der Waals surface area contributed by atoms with Gasteiger partial charge < -0.3 is 9.64 Å². The molecule has 0 aromatic carbocycles. The highest BCUT2D eigenvalue weighted by Crippen LogP contribution is 2.28. The third-order valence-electron chi connectivity index (χ3n) is 3.29. The molecule has 0 atom stereocenters. The van der Waals surface area contributed by atoms with E-state index in [1.54, 1.807) is 7.11 Å². The van der Waals surface area contributed by atoms with E-state index in [4.69, 9.17) is 4.74 Å². The summed E-state index contributed by atoms with van der Waals surface area (Å²) in [5.74, 6) is 1.30. The Morgan fingerprint density at radius 2 is 2.17 bits per heavy atom. The Morgan fingerprint density at radius 1 is 1.50 bits per heavy atom. The van der Waals surface area contributed by atoms with E-state index in [0.29, 0.717) is 17.8 Å². The zero-order valence-corrected chi connectivity index (χ0v) is 12.6. The number of aliphatic imine (C=N–C) groups is 1. The predicted molar refractivity (Wildman–Crippen MR) is 75.5 cm³/mol. The zero-order chi connectivity index (χ0) is 13.1. The van der Waals surface area contributed by atoms with Crippen molar-refractivity contribution in [2.45, 2.75) is 25.8 Å². The van der Waals surface area contributed by atoms with Gasteiger partial charge >= 0.3 is 0 Å². The summed E-state index contributed by atoms with van der Waals surface area (Å²) < 4.78 is 7.99. The molecular formula is C12H19BrN4O. The van der Waals surface area contributed by atoms with Gasteiger partial charge in [0, 0.05) is 13.1 Å². The third kappa shape index (κ3) is 3.11. The highest BCUT2D eigenvalue weighted by molar-refractivity contribution is 9.10. The molecule has 0 aliphatic carbocycles. The van der Waals surface area contributed by atoms with Crippen LogP contribution >= 0.6 is 15.9 Å². The summed E-state index contributed by atoms with van der Waals surface area (Å²) in [5.41, 5.74) is 0. The van der Waals surface area contributed by atoms with E-state index in [-0.39, 0.29) is 0 Å². The van der Waals surface area contributed by atoms with Crippen molar-refractivity contribution in [3.05, 3.63) is 10.7 Å². The molecule has 1 saturated heterocycles. The van der Waals surface area contributed by atoms with Crippen LogP contribution in [0, 0.1) is 0 Å². The fourth-order valence-corrected chi connectivity index (χ4v) is 2.45. The summed E-state index contributed by atoms with van der Waals surface area (Å²) in [5, 5.41) is 4.53. The third-order valence-corrected chi connectivity index (χ3v) is 3.85. The molecule has 0 radical (unpaired) electrons. The summed E-state index contributed by atoms with van der Waals surface area (Å²) >= 11 is 3.50. The summed E-state index contributed by atoms with van der Waals surface area (Å²) in [6.45, 7) is 4.07. The van der Waals surface area contributed by atoms with Crippen molar-refractivity contribution < 1.29 is 4.74 Å². The van der Waals surface area contributed by atoms with Crippen molar-refractivity contribution in [3.63, 3.8) is 0 Å². The van der Waals surface area contributed by atoms with Crippen LogP contribution in [0.25, 0.3) is 0 Å². The van der Waals surface area contributed by atoms with Crippen molar-refractivity contribution in [1.29, 1.82) is 0 Å². The van der Waals surface area contributed by atoms with Gasteiger partial charge in [0.25, 0.3) is 0 Å². The van der Waals surface area contributed by atoms with Gasteiger partial charge in [-0.05, 0) is 48.9 Å². The number of ether oxygens (including phenoxy) is 1. The Labute approximate surface area is 116 Å². The lowest BCUT2D eigenvalue weighted by Gasteiger charge is -2.28. The Hall–Kier alpha value is -0.880. The molecule has 0 N–H and O–H groups in total. The van der Waals surface area contributed by atoms with Crippen LogP contribution in [0.3, 0.4) is 0 Å². The van der Waals surface area contributed by atoms with Crippen LogP contribution in [0.5, 0.6) is 0 Å². The average Bonchev–Trinajstić information content (AvgIpc) is 2.71. The van der Waals surface area contributed by atoms with Gasteiger partial charge in [-0.2, -0.15) is 10.1 Å². The number of halogens is 1. The number of hydrogen-bond donors (Lipinski definition) is 0. The van der Waals surface area contributed by atoms with Crippen LogP contribution in [-0.2, 0) is 4.74 Å². The molecule has 0 saturated carbocycles. The van der Waals surface area contributed by atoms with Crippen molar-refractivity contribution >= 4 is 27.6 Å². The number of nitrogens with zero attached hydrogens (tertiary/aromatic N) is 4. The van der Waals surface area contributed by atoms with E-state index in [2.05, 4.69) is 38.0 Å². The molecule has 0 spiro atoms. The fourth-order valence-electron chi connectivity index (χ4n) is 2.08. The van der Waals surface area contributed by atoms with E-state index in [1.807, 2.05) is 17.8 Å². The largest absolute Gasteiger partial charge is 0.484 e. The standard InChI is InChI=1S/C12H19BrN4O/c1-9(18-3)14-12-11(13)8-17(15-12)10-4-6-16(2)7-5-10/h8,10H,4-7H2,1-3H3. The average molecular weight is 315 g/mol. The molecule has 18 heavy (non-hydrogen) atoms. The van der Waals surface area contributed by atoms with Crippen LogP contribution in [0.4, 0.5) is 5.82 Å². The number of hydrogen-bond acceptors (Lipinski definition) is 4. The second kappa shape index (κ2) is 5.84. The first kappa shape index (κ1) is 13.5. The molecule has 5 nitrogen and oxygen atoms in total. The number of aromatic nitrogens is 2. The van der Waals surface area contributed by atoms with Crippen LogP contribution in [-0.4, -0.2) is 47.8 Å². The van der Waals surface area contributed by atoms with E-state index in [0.717, 1.165) is 30.4 Å². The number of rotatable bonds is 2. The monoisotopic (exact) mass is 314 g/mol. The van der Waals surface area contributed by atoms with Crippen molar-refractivity contribution in [3.8, 4) is 0 Å². The number of piperidine rings is 1. The van der Waals surface area contributed by atoms with E-state index < -0.39 is 0 Å². The molecule has 0 unspecified atom stereocenters. The van der Waals surface area contributed by atoms with Gasteiger partial charge in [0.2, 0.25) is 0 Å². The molecule has 2 heterocycles. The van der Waals surface area contributed by atoms with Gasteiger partial charge in [0.05, 0.1) is 17.6 Å². The molecule has 1 aliphatic rings.